The van der Waals surface area contributed by atoms with E-state index in [1.165, 1.54) is 0 Å². The van der Waals surface area contributed by atoms with Crippen LogP contribution in [-0.2, 0) is 13.0 Å². The van der Waals surface area contributed by atoms with Crippen molar-refractivity contribution in [2.24, 2.45) is 0 Å². The van der Waals surface area contributed by atoms with E-state index in [0.717, 1.165) is 40.9 Å². The smallest absolute Gasteiger partial charge is 0.272 e. The van der Waals surface area contributed by atoms with Crippen molar-refractivity contribution in [1.82, 2.24) is 25.8 Å². The lowest BCUT2D eigenvalue weighted by Crippen LogP contribution is -2.30. The predicted octanol–water partition coefficient (Wildman–Crippen LogP) is 2.61. The van der Waals surface area contributed by atoms with Gasteiger partial charge in [-0.1, -0.05) is 30.3 Å². The van der Waals surface area contributed by atoms with Gasteiger partial charge in [0.1, 0.15) is 0 Å². The molecular weight excluding hydrogens is 326 g/mol. The Labute approximate surface area is 152 Å². The summed E-state index contributed by atoms with van der Waals surface area (Å²) in [6.45, 7) is 3.58. The third kappa shape index (κ3) is 3.23. The van der Waals surface area contributed by atoms with E-state index in [1.54, 1.807) is 6.20 Å². The molecule has 26 heavy (non-hydrogen) atoms. The number of carbonyl (C=O) groups is 1. The molecule has 0 fully saturated rings. The summed E-state index contributed by atoms with van der Waals surface area (Å²) in [7, 11) is 0. The maximum absolute atomic E-state index is 12.6. The molecule has 132 valence electrons. The molecule has 0 saturated carbocycles. The first-order valence-corrected chi connectivity index (χ1v) is 8.80. The number of carbonyl (C=O) groups excluding carboxylic acids is 1. The number of nitrogens with zero attached hydrogens (tertiary/aromatic N) is 2. The third-order valence-corrected chi connectivity index (χ3v) is 4.77. The maximum atomic E-state index is 12.6. The average molecular weight is 347 g/mol. The highest BCUT2D eigenvalue weighted by molar-refractivity contribution is 5.94. The van der Waals surface area contributed by atoms with Crippen LogP contribution in [0.25, 0.3) is 11.1 Å². The molecule has 0 aliphatic carbocycles. The van der Waals surface area contributed by atoms with Gasteiger partial charge in [-0.2, -0.15) is 5.10 Å². The van der Waals surface area contributed by atoms with Crippen molar-refractivity contribution in [1.29, 1.82) is 0 Å². The molecule has 3 N–H and O–H groups in total. The summed E-state index contributed by atoms with van der Waals surface area (Å²) in [5, 5.41) is 13.5. The van der Waals surface area contributed by atoms with E-state index in [-0.39, 0.29) is 11.9 Å². The van der Waals surface area contributed by atoms with Crippen molar-refractivity contribution in [3.63, 3.8) is 0 Å². The third-order valence-electron chi connectivity index (χ3n) is 4.77. The zero-order chi connectivity index (χ0) is 17.9. The Balaban J connectivity index is 1.47. The minimum Gasteiger partial charge on any atom is -0.344 e. The molecule has 0 spiro atoms. The van der Waals surface area contributed by atoms with Gasteiger partial charge >= 0.3 is 0 Å². The number of amides is 1. The predicted molar refractivity (Wildman–Crippen MR) is 99.6 cm³/mol. The molecule has 4 rings (SSSR count). The Bertz CT molecular complexity index is 902. The number of fused-ring (bicyclic) bond motifs is 1. The van der Waals surface area contributed by atoms with Crippen LogP contribution in [0.4, 0.5) is 0 Å². The monoisotopic (exact) mass is 347 g/mol. The summed E-state index contributed by atoms with van der Waals surface area (Å²) in [6.07, 6.45) is 4.48. The van der Waals surface area contributed by atoms with Crippen LogP contribution in [0.2, 0.25) is 0 Å². The Morgan fingerprint density at radius 3 is 2.81 bits per heavy atom. The lowest BCUT2D eigenvalue weighted by molar-refractivity contribution is 0.0933. The number of aromatic amines is 1. The van der Waals surface area contributed by atoms with E-state index in [0.29, 0.717) is 12.2 Å². The van der Waals surface area contributed by atoms with Crippen molar-refractivity contribution >= 4 is 5.91 Å². The first kappa shape index (κ1) is 16.5. The van der Waals surface area contributed by atoms with Crippen LogP contribution in [0.1, 0.15) is 40.3 Å². The van der Waals surface area contributed by atoms with E-state index < -0.39 is 0 Å². The molecule has 3 heterocycles. The second-order valence-corrected chi connectivity index (χ2v) is 6.51. The van der Waals surface area contributed by atoms with Crippen LogP contribution in [0, 0.1) is 0 Å². The van der Waals surface area contributed by atoms with Crippen molar-refractivity contribution in [3.8, 4) is 11.1 Å². The minimum absolute atomic E-state index is 0.102. The highest BCUT2D eigenvalue weighted by Gasteiger charge is 2.22. The number of hydrogen-bond donors (Lipinski definition) is 3. The average Bonchev–Trinajstić information content (AvgIpc) is 3.13. The molecule has 0 bridgehead atoms. The van der Waals surface area contributed by atoms with E-state index >= 15 is 0 Å². The fourth-order valence-electron chi connectivity index (χ4n) is 3.26. The number of H-pyrrole nitrogens is 1. The molecule has 1 amide bonds. The van der Waals surface area contributed by atoms with E-state index in [4.69, 9.17) is 0 Å². The zero-order valence-corrected chi connectivity index (χ0v) is 14.6. The van der Waals surface area contributed by atoms with Crippen molar-refractivity contribution in [2.75, 3.05) is 6.54 Å². The summed E-state index contributed by atoms with van der Waals surface area (Å²) in [4.78, 5) is 16.8. The first-order valence-electron chi connectivity index (χ1n) is 8.80. The molecule has 1 atom stereocenters. The molecule has 0 radical (unpaired) electrons. The number of rotatable bonds is 4. The quantitative estimate of drug-likeness (QED) is 0.677. The molecule has 1 aliphatic heterocycles. The van der Waals surface area contributed by atoms with Gasteiger partial charge in [0.2, 0.25) is 0 Å². The summed E-state index contributed by atoms with van der Waals surface area (Å²) in [5.41, 5.74) is 5.76. The van der Waals surface area contributed by atoms with Crippen molar-refractivity contribution in [2.45, 2.75) is 25.9 Å². The number of benzene rings is 1. The Kier molecular flexibility index (Phi) is 4.50. The van der Waals surface area contributed by atoms with Gasteiger partial charge in [0.15, 0.2) is 5.69 Å². The second-order valence-electron chi connectivity index (χ2n) is 6.51. The highest BCUT2D eigenvalue weighted by Crippen LogP contribution is 2.22. The van der Waals surface area contributed by atoms with E-state index in [9.17, 15) is 4.79 Å². The van der Waals surface area contributed by atoms with Crippen LogP contribution in [0.15, 0.2) is 48.8 Å². The van der Waals surface area contributed by atoms with Gasteiger partial charge in [0, 0.05) is 43.2 Å². The summed E-state index contributed by atoms with van der Waals surface area (Å²) in [5.74, 6) is -0.143. The van der Waals surface area contributed by atoms with E-state index in [2.05, 4.69) is 37.9 Å². The number of pyridine rings is 1. The summed E-state index contributed by atoms with van der Waals surface area (Å²) in [6, 6.07) is 12.0. The van der Waals surface area contributed by atoms with Crippen LogP contribution >= 0.6 is 0 Å². The fourth-order valence-corrected chi connectivity index (χ4v) is 3.26. The van der Waals surface area contributed by atoms with Gasteiger partial charge in [-0.15, -0.1) is 0 Å². The molecule has 1 aliphatic rings. The Morgan fingerprint density at radius 1 is 1.19 bits per heavy atom. The topological polar surface area (TPSA) is 82.7 Å². The summed E-state index contributed by atoms with van der Waals surface area (Å²) < 4.78 is 0. The lowest BCUT2D eigenvalue weighted by Gasteiger charge is -2.16. The lowest BCUT2D eigenvalue weighted by atomic mass is 10.0. The molecular formula is C20H21N5O. The first-order chi connectivity index (χ1) is 12.7. The summed E-state index contributed by atoms with van der Waals surface area (Å²) >= 11 is 0. The molecule has 1 unspecified atom stereocenters. The standard InChI is InChI=1S/C20H21N5O/c1-13(14-4-6-15(7-5-14)16-3-2-9-21-11-16)23-20(26)19-17-12-22-10-8-18(17)24-25-19/h2-7,9,11,13,22H,8,10,12H2,1H3,(H,23,26)(H,24,25). The Morgan fingerprint density at radius 2 is 2.04 bits per heavy atom. The molecule has 3 aromatic rings. The second kappa shape index (κ2) is 7.09. The van der Waals surface area contributed by atoms with Gasteiger partial charge < -0.3 is 10.6 Å². The molecule has 6 heteroatoms. The molecule has 2 aromatic heterocycles. The number of hydrogen-bond acceptors (Lipinski definition) is 4. The zero-order valence-electron chi connectivity index (χ0n) is 14.6. The number of nitrogens with one attached hydrogen (secondary N) is 3. The fraction of sp³-hybridized carbons (Fsp3) is 0.250. The van der Waals surface area contributed by atoms with Crippen molar-refractivity contribution in [3.05, 3.63) is 71.3 Å². The van der Waals surface area contributed by atoms with Gasteiger partial charge in [-0.05, 0) is 29.7 Å². The molecule has 1 aromatic carbocycles. The van der Waals surface area contributed by atoms with Crippen LogP contribution < -0.4 is 10.6 Å². The molecule has 6 nitrogen and oxygen atoms in total. The van der Waals surface area contributed by atoms with Crippen LogP contribution in [-0.4, -0.2) is 27.6 Å². The van der Waals surface area contributed by atoms with Gasteiger partial charge in [-0.3, -0.25) is 14.9 Å². The van der Waals surface area contributed by atoms with Crippen LogP contribution in [0.3, 0.4) is 0 Å². The minimum atomic E-state index is -0.143. The SMILES string of the molecule is CC(NC(=O)c1n[nH]c2c1CNCC2)c1ccc(-c2cccnc2)cc1. The van der Waals surface area contributed by atoms with Crippen LogP contribution in [0.5, 0.6) is 0 Å². The maximum Gasteiger partial charge on any atom is 0.272 e. The largest absolute Gasteiger partial charge is 0.344 e. The number of aromatic nitrogens is 3. The Hall–Kier alpha value is -2.99. The van der Waals surface area contributed by atoms with E-state index in [1.807, 2.05) is 37.4 Å². The highest BCUT2D eigenvalue weighted by atomic mass is 16.2. The van der Waals surface area contributed by atoms with Gasteiger partial charge in [0.05, 0.1) is 6.04 Å². The van der Waals surface area contributed by atoms with Crippen molar-refractivity contribution < 1.29 is 4.79 Å². The normalized spacial score (nSPS) is 14.5. The van der Waals surface area contributed by atoms with Gasteiger partial charge in [-0.25, -0.2) is 0 Å². The van der Waals surface area contributed by atoms with Gasteiger partial charge in [0.25, 0.3) is 5.91 Å². The molecule has 0 saturated heterocycles.